The Morgan fingerprint density at radius 2 is 0.926 bits per heavy atom. The van der Waals surface area contributed by atoms with Gasteiger partial charge < -0.3 is 4.42 Å². The highest BCUT2D eigenvalue weighted by atomic mass is 32.1. The van der Waals surface area contributed by atoms with Gasteiger partial charge in [0.1, 0.15) is 11.2 Å². The van der Waals surface area contributed by atoms with Gasteiger partial charge in [-0.2, -0.15) is 0 Å². The highest BCUT2D eigenvalue weighted by Gasteiger charge is 2.23. The fourth-order valence-electron chi connectivity index (χ4n) is 8.46. The molecule has 1 aliphatic rings. The summed E-state index contributed by atoms with van der Waals surface area (Å²) in [6.45, 7) is 0. The number of nitrogens with zero attached hydrogens (tertiary/aromatic N) is 3. The Kier molecular flexibility index (Phi) is 6.18. The SMILES string of the molecule is c1ccc(-c2cccc3oc4ccccc4c23)c(-c2nc(-c3ccc4c(c3)-c3cccc5cccc-4c35)nc(-c3ccc4c(c3)sc3ccccc34)n2)c1. The molecular weight excluding hydrogens is 679 g/mol. The molecule has 0 amide bonds. The van der Waals surface area contributed by atoms with E-state index in [1.54, 1.807) is 11.3 Å². The van der Waals surface area contributed by atoms with Gasteiger partial charge in [0, 0.05) is 47.6 Å². The lowest BCUT2D eigenvalue weighted by atomic mass is 9.95. The maximum Gasteiger partial charge on any atom is 0.164 e. The van der Waals surface area contributed by atoms with E-state index in [1.165, 1.54) is 53.2 Å². The molecule has 3 heterocycles. The topological polar surface area (TPSA) is 51.8 Å². The van der Waals surface area contributed by atoms with Crippen LogP contribution in [0.2, 0.25) is 0 Å². The zero-order valence-corrected chi connectivity index (χ0v) is 29.6. The van der Waals surface area contributed by atoms with Crippen molar-refractivity contribution in [1.82, 2.24) is 15.0 Å². The van der Waals surface area contributed by atoms with E-state index in [0.29, 0.717) is 17.5 Å². The molecule has 0 fully saturated rings. The van der Waals surface area contributed by atoms with Gasteiger partial charge in [0.2, 0.25) is 0 Å². The molecule has 3 aromatic heterocycles. The second kappa shape index (κ2) is 11.3. The number of hydrogen-bond donors (Lipinski definition) is 0. The second-order valence-electron chi connectivity index (χ2n) is 13.9. The summed E-state index contributed by atoms with van der Waals surface area (Å²) in [4.78, 5) is 15.8. The minimum Gasteiger partial charge on any atom is -0.456 e. The molecule has 0 unspecified atom stereocenters. The van der Waals surface area contributed by atoms with Gasteiger partial charge in [-0.1, -0.05) is 133 Å². The van der Waals surface area contributed by atoms with Crippen LogP contribution >= 0.6 is 11.3 Å². The third-order valence-corrected chi connectivity index (χ3v) is 12.0. The van der Waals surface area contributed by atoms with Crippen molar-refractivity contribution in [3.05, 3.63) is 164 Å². The van der Waals surface area contributed by atoms with Crippen LogP contribution in [0.15, 0.2) is 168 Å². The van der Waals surface area contributed by atoms with Crippen molar-refractivity contribution < 1.29 is 4.42 Å². The summed E-state index contributed by atoms with van der Waals surface area (Å²) in [7, 11) is 0. The summed E-state index contributed by atoms with van der Waals surface area (Å²) < 4.78 is 8.79. The van der Waals surface area contributed by atoms with Gasteiger partial charge in [0.05, 0.1) is 0 Å². The van der Waals surface area contributed by atoms with Gasteiger partial charge in [-0.25, -0.2) is 15.0 Å². The predicted octanol–water partition coefficient (Wildman–Crippen LogP) is 13.6. The molecule has 0 atom stereocenters. The lowest BCUT2D eigenvalue weighted by molar-refractivity contribution is 0.669. The summed E-state index contributed by atoms with van der Waals surface area (Å²) in [5.74, 6) is 1.90. The summed E-state index contributed by atoms with van der Waals surface area (Å²) in [6.07, 6.45) is 0. The minimum atomic E-state index is 0.623. The van der Waals surface area contributed by atoms with Crippen LogP contribution in [0.1, 0.15) is 0 Å². The molecule has 5 heteroatoms. The van der Waals surface area contributed by atoms with Gasteiger partial charge in [-0.15, -0.1) is 11.3 Å². The summed E-state index contributed by atoms with van der Waals surface area (Å²) in [5.41, 5.74) is 11.6. The second-order valence-corrected chi connectivity index (χ2v) is 15.0. The van der Waals surface area contributed by atoms with Gasteiger partial charge in [-0.3, -0.25) is 0 Å². The number of benzene rings is 8. The summed E-state index contributed by atoms with van der Waals surface area (Å²) in [5, 5.41) is 7.23. The van der Waals surface area contributed by atoms with E-state index in [1.807, 2.05) is 18.2 Å². The summed E-state index contributed by atoms with van der Waals surface area (Å²) >= 11 is 1.80. The number of para-hydroxylation sites is 1. The monoisotopic (exact) mass is 705 g/mol. The van der Waals surface area contributed by atoms with E-state index >= 15 is 0 Å². The molecule has 11 aromatic rings. The third-order valence-electron chi connectivity index (χ3n) is 10.9. The standard InChI is InChI=1S/C49H27N3OS/c1-2-14-38(31(12-1)36-18-9-20-42-46(36)39-15-3-5-19-41(39)53-42)49-51-47(29-22-24-32-35-16-7-10-28-11-8-17-37(45(28)35)40(32)26-29)50-48(52-49)30-23-25-34-33-13-4-6-21-43(33)54-44(34)27-30/h1-27H. The maximum atomic E-state index is 6.31. The van der Waals surface area contributed by atoms with Crippen LogP contribution in [0.3, 0.4) is 0 Å². The molecule has 1 aliphatic carbocycles. The van der Waals surface area contributed by atoms with Gasteiger partial charge in [0.15, 0.2) is 17.5 Å². The lowest BCUT2D eigenvalue weighted by Gasteiger charge is -2.13. The van der Waals surface area contributed by atoms with E-state index in [0.717, 1.165) is 49.8 Å². The Bertz CT molecular complexity index is 3350. The van der Waals surface area contributed by atoms with Crippen molar-refractivity contribution in [1.29, 1.82) is 0 Å². The molecule has 0 saturated heterocycles. The Morgan fingerprint density at radius 1 is 0.352 bits per heavy atom. The van der Waals surface area contributed by atoms with Crippen molar-refractivity contribution in [2.45, 2.75) is 0 Å². The first-order valence-corrected chi connectivity index (χ1v) is 18.9. The van der Waals surface area contributed by atoms with Crippen molar-refractivity contribution in [2.75, 3.05) is 0 Å². The number of hydrogen-bond acceptors (Lipinski definition) is 5. The maximum absolute atomic E-state index is 6.31. The zero-order valence-electron chi connectivity index (χ0n) is 28.7. The van der Waals surface area contributed by atoms with Crippen LogP contribution in [-0.4, -0.2) is 15.0 Å². The van der Waals surface area contributed by atoms with Gasteiger partial charge in [0.25, 0.3) is 0 Å². The van der Waals surface area contributed by atoms with Crippen LogP contribution in [0.5, 0.6) is 0 Å². The molecule has 0 spiro atoms. The molecule has 0 N–H and O–H groups in total. The Balaban J connectivity index is 1.09. The largest absolute Gasteiger partial charge is 0.456 e. The first kappa shape index (κ1) is 29.6. The highest BCUT2D eigenvalue weighted by molar-refractivity contribution is 7.25. The van der Waals surface area contributed by atoms with Crippen molar-refractivity contribution in [3.63, 3.8) is 0 Å². The van der Waals surface area contributed by atoms with Crippen molar-refractivity contribution in [2.24, 2.45) is 0 Å². The molecule has 0 bridgehead atoms. The van der Waals surface area contributed by atoms with E-state index < -0.39 is 0 Å². The Hall–Kier alpha value is -6.95. The molecular formula is C49H27N3OS. The predicted molar refractivity (Wildman–Crippen MR) is 224 cm³/mol. The molecule has 12 rings (SSSR count). The van der Waals surface area contributed by atoms with Gasteiger partial charge >= 0.3 is 0 Å². The molecule has 4 nitrogen and oxygen atoms in total. The summed E-state index contributed by atoms with van der Waals surface area (Å²) in [6, 6.07) is 57.9. The lowest BCUT2D eigenvalue weighted by Crippen LogP contribution is -2.01. The van der Waals surface area contributed by atoms with E-state index in [-0.39, 0.29) is 0 Å². The van der Waals surface area contributed by atoms with Crippen LogP contribution in [0.25, 0.3) is 120 Å². The van der Waals surface area contributed by atoms with Crippen LogP contribution in [0, 0.1) is 0 Å². The molecule has 0 radical (unpaired) electrons. The van der Waals surface area contributed by atoms with Crippen molar-refractivity contribution in [3.8, 4) is 67.5 Å². The minimum absolute atomic E-state index is 0.623. The molecule has 8 aromatic carbocycles. The highest BCUT2D eigenvalue weighted by Crippen LogP contribution is 2.48. The van der Waals surface area contributed by atoms with Gasteiger partial charge in [-0.05, 0) is 74.5 Å². The van der Waals surface area contributed by atoms with E-state index in [4.69, 9.17) is 19.4 Å². The first-order chi connectivity index (χ1) is 26.7. The zero-order chi connectivity index (χ0) is 35.3. The molecule has 54 heavy (non-hydrogen) atoms. The smallest absolute Gasteiger partial charge is 0.164 e. The fraction of sp³-hybridized carbons (Fsp3) is 0. The third kappa shape index (κ3) is 4.33. The number of thiophene rings is 1. The molecule has 250 valence electrons. The number of aromatic nitrogens is 3. The first-order valence-electron chi connectivity index (χ1n) is 18.1. The van der Waals surface area contributed by atoms with Crippen molar-refractivity contribution >= 4 is 64.2 Å². The average molecular weight is 706 g/mol. The Morgan fingerprint density at radius 3 is 1.78 bits per heavy atom. The van der Waals surface area contributed by atoms with Crippen LogP contribution in [-0.2, 0) is 0 Å². The normalized spacial score (nSPS) is 12.1. The fourth-order valence-corrected chi connectivity index (χ4v) is 9.61. The molecule has 0 aliphatic heterocycles. The number of fused-ring (bicyclic) bond motifs is 9. The number of furan rings is 1. The van der Waals surface area contributed by atoms with Crippen LogP contribution in [0.4, 0.5) is 0 Å². The average Bonchev–Trinajstić information content (AvgIpc) is 3.91. The molecule has 0 saturated carbocycles. The quantitative estimate of drug-likeness (QED) is 0.183. The van der Waals surface area contributed by atoms with Crippen LogP contribution < -0.4 is 0 Å². The number of rotatable bonds is 4. The Labute approximate surface area is 313 Å². The van der Waals surface area contributed by atoms with E-state index in [2.05, 4.69) is 146 Å². The van der Waals surface area contributed by atoms with E-state index in [9.17, 15) is 0 Å².